The van der Waals surface area contributed by atoms with Gasteiger partial charge in [-0.1, -0.05) is 43.3 Å². The molecule has 0 radical (unpaired) electrons. The van der Waals surface area contributed by atoms with Crippen molar-refractivity contribution in [2.75, 3.05) is 13.2 Å². The molecule has 0 fully saturated rings. The highest BCUT2D eigenvalue weighted by molar-refractivity contribution is 5.89. The van der Waals surface area contributed by atoms with Gasteiger partial charge in [-0.15, -0.1) is 0 Å². The molecule has 1 N–H and O–H groups in total. The van der Waals surface area contributed by atoms with E-state index in [0.717, 1.165) is 35.1 Å². The summed E-state index contributed by atoms with van der Waals surface area (Å²) in [5, 5.41) is 14.4. The fourth-order valence-electron chi connectivity index (χ4n) is 2.34. The van der Waals surface area contributed by atoms with Gasteiger partial charge in [0.2, 0.25) is 0 Å². The molecular weight excluding hydrogens is 248 g/mol. The van der Waals surface area contributed by atoms with Gasteiger partial charge in [-0.3, -0.25) is 0 Å². The monoisotopic (exact) mass is 268 g/mol. The summed E-state index contributed by atoms with van der Waals surface area (Å²) in [4.78, 5) is 0. The van der Waals surface area contributed by atoms with Gasteiger partial charge in [-0.05, 0) is 25.3 Å². The van der Waals surface area contributed by atoms with E-state index < -0.39 is 0 Å². The third-order valence-corrected chi connectivity index (χ3v) is 3.36. The smallest absolute Gasteiger partial charge is 0.174 e. The van der Waals surface area contributed by atoms with Crippen molar-refractivity contribution in [1.29, 1.82) is 5.26 Å². The first kappa shape index (κ1) is 14.4. The minimum Gasteiger partial charge on any atom is -0.478 e. The van der Waals surface area contributed by atoms with E-state index in [4.69, 9.17) is 10.00 Å². The zero-order valence-corrected chi connectivity index (χ0v) is 12.0. The first-order chi connectivity index (χ1) is 9.77. The summed E-state index contributed by atoms with van der Waals surface area (Å²) in [6.45, 7) is 5.30. The number of hydrogen-bond acceptors (Lipinski definition) is 3. The largest absolute Gasteiger partial charge is 0.478 e. The molecular formula is C17H20N2O. The molecule has 1 atom stereocenters. The van der Waals surface area contributed by atoms with Crippen molar-refractivity contribution < 1.29 is 4.74 Å². The van der Waals surface area contributed by atoms with E-state index in [2.05, 4.69) is 37.4 Å². The van der Waals surface area contributed by atoms with Crippen LogP contribution in [0.3, 0.4) is 0 Å². The lowest BCUT2D eigenvalue weighted by Gasteiger charge is -2.19. The standard InChI is InChI=1S/C17H20N2O/c1-3-11-19-13(2)15-9-8-14-6-4-5-7-16(14)17(15)20-12-10-18/h4-9,13,19H,3,11-12H2,1-2H3. The Labute approximate surface area is 120 Å². The highest BCUT2D eigenvalue weighted by atomic mass is 16.5. The summed E-state index contributed by atoms with van der Waals surface area (Å²) in [5.74, 6) is 0.820. The second kappa shape index (κ2) is 6.93. The van der Waals surface area contributed by atoms with Crippen LogP contribution in [0.5, 0.6) is 5.75 Å². The molecule has 20 heavy (non-hydrogen) atoms. The number of nitrogens with zero attached hydrogens (tertiary/aromatic N) is 1. The number of nitriles is 1. The molecule has 3 heteroatoms. The molecule has 0 bridgehead atoms. The number of fused-ring (bicyclic) bond motifs is 1. The highest BCUT2D eigenvalue weighted by Crippen LogP contribution is 2.33. The normalized spacial score (nSPS) is 12.1. The third kappa shape index (κ3) is 3.09. The Hall–Kier alpha value is -2.05. The average Bonchev–Trinajstić information content (AvgIpc) is 2.50. The molecule has 0 aliphatic heterocycles. The van der Waals surface area contributed by atoms with Crippen LogP contribution in [-0.2, 0) is 0 Å². The van der Waals surface area contributed by atoms with E-state index in [1.807, 2.05) is 24.3 Å². The topological polar surface area (TPSA) is 45.0 Å². The molecule has 0 aliphatic rings. The van der Waals surface area contributed by atoms with Crippen molar-refractivity contribution in [2.24, 2.45) is 0 Å². The minimum absolute atomic E-state index is 0.0709. The summed E-state index contributed by atoms with van der Waals surface area (Å²) < 4.78 is 5.70. The number of rotatable bonds is 6. The third-order valence-electron chi connectivity index (χ3n) is 3.36. The van der Waals surface area contributed by atoms with Crippen LogP contribution in [0.4, 0.5) is 0 Å². The van der Waals surface area contributed by atoms with E-state index in [1.165, 1.54) is 0 Å². The Morgan fingerprint density at radius 1 is 1.25 bits per heavy atom. The molecule has 0 saturated carbocycles. The first-order valence-electron chi connectivity index (χ1n) is 7.02. The van der Waals surface area contributed by atoms with Gasteiger partial charge in [0.15, 0.2) is 6.61 Å². The lowest BCUT2D eigenvalue weighted by Crippen LogP contribution is -2.20. The Balaban J connectivity index is 2.44. The van der Waals surface area contributed by atoms with Crippen molar-refractivity contribution in [2.45, 2.75) is 26.3 Å². The Morgan fingerprint density at radius 3 is 2.80 bits per heavy atom. The lowest BCUT2D eigenvalue weighted by molar-refractivity contribution is 0.363. The minimum atomic E-state index is 0.0709. The van der Waals surface area contributed by atoms with Crippen molar-refractivity contribution in [1.82, 2.24) is 5.32 Å². The van der Waals surface area contributed by atoms with E-state index in [1.54, 1.807) is 0 Å². The number of benzene rings is 2. The van der Waals surface area contributed by atoms with Gasteiger partial charge in [-0.2, -0.15) is 5.26 Å². The van der Waals surface area contributed by atoms with Crippen LogP contribution in [-0.4, -0.2) is 13.2 Å². The molecule has 0 saturated heterocycles. The maximum atomic E-state index is 8.78. The molecule has 2 rings (SSSR count). The average molecular weight is 268 g/mol. The van der Waals surface area contributed by atoms with Gasteiger partial charge in [0.05, 0.1) is 0 Å². The summed E-state index contributed by atoms with van der Waals surface area (Å²) in [5.41, 5.74) is 1.10. The van der Waals surface area contributed by atoms with Crippen LogP contribution in [0.25, 0.3) is 10.8 Å². The molecule has 2 aromatic carbocycles. The van der Waals surface area contributed by atoms with Crippen molar-refractivity contribution in [3.8, 4) is 11.8 Å². The number of hydrogen-bond donors (Lipinski definition) is 1. The lowest BCUT2D eigenvalue weighted by atomic mass is 10.0. The second-order valence-electron chi connectivity index (χ2n) is 4.83. The van der Waals surface area contributed by atoms with Crippen molar-refractivity contribution in [3.63, 3.8) is 0 Å². The number of nitrogens with one attached hydrogen (secondary N) is 1. The number of ether oxygens (including phenoxy) is 1. The Bertz CT molecular complexity index is 616. The van der Waals surface area contributed by atoms with E-state index in [0.29, 0.717) is 0 Å². The highest BCUT2D eigenvalue weighted by Gasteiger charge is 2.14. The molecule has 1 unspecified atom stereocenters. The zero-order valence-electron chi connectivity index (χ0n) is 12.0. The van der Waals surface area contributed by atoms with Gasteiger partial charge in [0.25, 0.3) is 0 Å². The Kier molecular flexibility index (Phi) is 4.97. The van der Waals surface area contributed by atoms with Crippen molar-refractivity contribution in [3.05, 3.63) is 42.0 Å². The van der Waals surface area contributed by atoms with Crippen LogP contribution in [0.15, 0.2) is 36.4 Å². The quantitative estimate of drug-likeness (QED) is 0.866. The molecule has 0 aromatic heterocycles. The predicted molar refractivity (Wildman–Crippen MR) is 81.8 cm³/mol. The summed E-state index contributed by atoms with van der Waals surface area (Å²) >= 11 is 0. The SMILES string of the molecule is CCCNC(C)c1ccc2ccccc2c1OCC#N. The van der Waals surface area contributed by atoms with Gasteiger partial charge in [-0.25, -0.2) is 0 Å². The molecule has 3 nitrogen and oxygen atoms in total. The van der Waals surface area contributed by atoms with Gasteiger partial charge < -0.3 is 10.1 Å². The van der Waals surface area contributed by atoms with E-state index in [9.17, 15) is 0 Å². The maximum absolute atomic E-state index is 8.78. The maximum Gasteiger partial charge on any atom is 0.174 e. The molecule has 0 spiro atoms. The van der Waals surface area contributed by atoms with Crippen LogP contribution in [0.1, 0.15) is 31.9 Å². The summed E-state index contributed by atoms with van der Waals surface area (Å²) in [6, 6.07) is 14.5. The van der Waals surface area contributed by atoms with Crippen LogP contribution in [0, 0.1) is 11.3 Å². The van der Waals surface area contributed by atoms with Gasteiger partial charge >= 0.3 is 0 Å². The predicted octanol–water partition coefficient (Wildman–Crippen LogP) is 3.80. The Morgan fingerprint density at radius 2 is 2.05 bits per heavy atom. The van der Waals surface area contributed by atoms with Gasteiger partial charge in [0, 0.05) is 17.0 Å². The molecule has 0 amide bonds. The van der Waals surface area contributed by atoms with E-state index >= 15 is 0 Å². The first-order valence-corrected chi connectivity index (χ1v) is 7.02. The van der Waals surface area contributed by atoms with Crippen LogP contribution >= 0.6 is 0 Å². The van der Waals surface area contributed by atoms with E-state index in [-0.39, 0.29) is 12.6 Å². The fraction of sp³-hybridized carbons (Fsp3) is 0.353. The molecule has 104 valence electrons. The zero-order chi connectivity index (χ0) is 14.4. The fourth-order valence-corrected chi connectivity index (χ4v) is 2.34. The molecule has 2 aromatic rings. The molecule has 0 heterocycles. The van der Waals surface area contributed by atoms with Crippen molar-refractivity contribution >= 4 is 10.8 Å². The van der Waals surface area contributed by atoms with Crippen LogP contribution < -0.4 is 10.1 Å². The molecule has 0 aliphatic carbocycles. The second-order valence-corrected chi connectivity index (χ2v) is 4.83. The summed E-state index contributed by atoms with van der Waals surface area (Å²) in [6.07, 6.45) is 1.09. The van der Waals surface area contributed by atoms with Gasteiger partial charge in [0.1, 0.15) is 11.8 Å². The van der Waals surface area contributed by atoms with Crippen LogP contribution in [0.2, 0.25) is 0 Å². The summed E-state index contributed by atoms with van der Waals surface area (Å²) in [7, 11) is 0.